The molecular weight excluding hydrogens is 699 g/mol. The zero-order chi connectivity index (χ0) is 27.4. The first-order valence-corrected chi connectivity index (χ1v) is 12.2. The van der Waals surface area contributed by atoms with Gasteiger partial charge in [0.2, 0.25) is 0 Å². The van der Waals surface area contributed by atoms with E-state index in [0.717, 1.165) is 53.9 Å². The Hall–Kier alpha value is -1.45. The molecule has 2 aromatic carbocycles. The molecule has 0 spiro atoms. The van der Waals surface area contributed by atoms with Crippen molar-refractivity contribution in [3.05, 3.63) is 88.8 Å². The molecule has 0 aromatic heterocycles. The summed E-state index contributed by atoms with van der Waals surface area (Å²) in [4.78, 5) is 0. The zero-order valence-electron chi connectivity index (χ0n) is 23.7. The molecule has 0 bridgehead atoms. The first kappa shape index (κ1) is 39.7. The Kier molecular flexibility index (Phi) is 16.4. The van der Waals surface area contributed by atoms with Crippen molar-refractivity contribution in [1.29, 1.82) is 0 Å². The molecule has 1 fully saturated rings. The molecule has 1 saturated carbocycles. The third kappa shape index (κ3) is 9.85. The Balaban J connectivity index is 0. The third-order valence-electron chi connectivity index (χ3n) is 8.11. The number of hydrogen-bond donors (Lipinski definition) is 0. The Morgan fingerprint density at radius 2 is 0.846 bits per heavy atom. The van der Waals surface area contributed by atoms with Crippen LogP contribution >= 0.6 is 0 Å². The van der Waals surface area contributed by atoms with E-state index in [1.165, 1.54) is 38.4 Å². The van der Waals surface area contributed by atoms with Crippen LogP contribution in [-0.2, 0) is 32.5 Å². The smallest absolute Gasteiger partial charge is 0.659 e. The van der Waals surface area contributed by atoms with Crippen LogP contribution in [0.3, 0.4) is 0 Å². The molecule has 224 valence electrons. The third-order valence-corrected chi connectivity index (χ3v) is 8.11. The van der Waals surface area contributed by atoms with Crippen LogP contribution in [0.2, 0.25) is 0 Å². The molecule has 0 heterocycles. The van der Waals surface area contributed by atoms with E-state index in [2.05, 4.69) is 45.3 Å². The van der Waals surface area contributed by atoms with Gasteiger partial charge in [-0.2, -0.15) is 40.4 Å². The standard InChI is InChI=1S/C18H16F6N2.C10H20.CH3.Ir.H2O/c1-25-15(11-5-3-7-13(9-11)17(19,20)21)16(26-2)12-6-4-8-14(10-12)18(22,23)24;1-6-7(2)9(4)10(5)8(6)3;;;/h3-10,15-16H,1-2H3;6-10H,1-5H3;1H3;;1H2/q-2;;-1;+3;/t15-,16-;;;;/m1..../s1. The number of benzene rings is 2. The van der Waals surface area contributed by atoms with Crippen molar-refractivity contribution in [2.24, 2.45) is 29.6 Å². The molecule has 3 nitrogen and oxygen atoms in total. The molecule has 2 aromatic rings. The molecule has 2 N–H and O–H groups in total. The van der Waals surface area contributed by atoms with Gasteiger partial charge < -0.3 is 23.5 Å². The summed E-state index contributed by atoms with van der Waals surface area (Å²) in [5.41, 5.74) is -1.23. The van der Waals surface area contributed by atoms with Crippen LogP contribution in [0.5, 0.6) is 0 Å². The Bertz CT molecular complexity index is 876. The number of nitrogens with zero attached hydrogens (tertiary/aromatic N) is 2. The maximum atomic E-state index is 12.9. The van der Waals surface area contributed by atoms with Crippen LogP contribution in [0.25, 0.3) is 10.6 Å². The molecular formula is C29H41F6IrN2O. The van der Waals surface area contributed by atoms with E-state index in [4.69, 9.17) is 0 Å². The first-order valence-electron chi connectivity index (χ1n) is 12.2. The minimum atomic E-state index is -4.52. The normalized spacial score (nSPS) is 24.2. The van der Waals surface area contributed by atoms with Crippen LogP contribution in [0.1, 0.15) is 69.0 Å². The number of likely N-dealkylation sites (N-methyl/N-ethyl adjacent to an activating group) is 2. The zero-order valence-corrected chi connectivity index (χ0v) is 26.1. The fourth-order valence-electron chi connectivity index (χ4n) is 5.14. The van der Waals surface area contributed by atoms with Gasteiger partial charge in [-0.1, -0.05) is 82.1 Å². The summed E-state index contributed by atoms with van der Waals surface area (Å²) in [6, 6.07) is 7.47. The van der Waals surface area contributed by atoms with E-state index in [1.807, 2.05) is 0 Å². The van der Waals surface area contributed by atoms with E-state index >= 15 is 0 Å². The van der Waals surface area contributed by atoms with Crippen LogP contribution in [0, 0.1) is 37.0 Å². The number of hydrogen-bond acceptors (Lipinski definition) is 0. The average Bonchev–Trinajstić information content (AvgIpc) is 2.99. The van der Waals surface area contributed by atoms with E-state index in [-0.39, 0.29) is 44.1 Å². The number of alkyl halides is 6. The molecule has 0 unspecified atom stereocenters. The van der Waals surface area contributed by atoms with Crippen molar-refractivity contribution in [2.45, 2.75) is 59.1 Å². The van der Waals surface area contributed by atoms with Gasteiger partial charge in [0.1, 0.15) is 0 Å². The summed E-state index contributed by atoms with van der Waals surface area (Å²) in [5.74, 6) is 4.68. The Labute approximate surface area is 243 Å². The predicted molar refractivity (Wildman–Crippen MR) is 143 cm³/mol. The van der Waals surface area contributed by atoms with E-state index in [1.54, 1.807) is 0 Å². The predicted octanol–water partition coefficient (Wildman–Crippen LogP) is 9.32. The molecule has 0 radical (unpaired) electrons. The van der Waals surface area contributed by atoms with Gasteiger partial charge in [-0.3, -0.25) is 0 Å². The quantitative estimate of drug-likeness (QED) is 0.217. The first-order chi connectivity index (χ1) is 16.6. The van der Waals surface area contributed by atoms with Crippen LogP contribution in [-0.4, -0.2) is 19.6 Å². The second-order valence-electron chi connectivity index (χ2n) is 9.95. The van der Waals surface area contributed by atoms with Gasteiger partial charge in [0.15, 0.2) is 0 Å². The van der Waals surface area contributed by atoms with Crippen LogP contribution in [0.4, 0.5) is 26.3 Å². The summed E-state index contributed by atoms with van der Waals surface area (Å²) >= 11 is 0. The van der Waals surface area contributed by atoms with E-state index < -0.39 is 35.6 Å². The van der Waals surface area contributed by atoms with Crippen molar-refractivity contribution in [3.63, 3.8) is 0 Å². The van der Waals surface area contributed by atoms with Crippen LogP contribution in [0.15, 0.2) is 48.5 Å². The summed E-state index contributed by atoms with van der Waals surface area (Å²) in [6.45, 7) is 12.0. The molecule has 10 heteroatoms. The van der Waals surface area contributed by atoms with Gasteiger partial charge in [-0.05, 0) is 41.7 Å². The monoisotopic (exact) mass is 740 g/mol. The van der Waals surface area contributed by atoms with Crippen molar-refractivity contribution >= 4 is 0 Å². The van der Waals surface area contributed by atoms with Gasteiger partial charge in [-0.25, -0.2) is 0 Å². The van der Waals surface area contributed by atoms with E-state index in [9.17, 15) is 26.3 Å². The maximum Gasteiger partial charge on any atom is 3.00 e. The molecule has 2 atom stereocenters. The average molecular weight is 740 g/mol. The van der Waals surface area contributed by atoms with Gasteiger partial charge in [0.05, 0.1) is 11.1 Å². The van der Waals surface area contributed by atoms with Gasteiger partial charge in [-0.15, -0.1) is 12.1 Å². The molecule has 1 aliphatic rings. The Morgan fingerprint density at radius 1 is 0.590 bits per heavy atom. The van der Waals surface area contributed by atoms with Gasteiger partial charge in [0, 0.05) is 0 Å². The summed E-state index contributed by atoms with van der Waals surface area (Å²) in [5, 5.41) is 8.16. The summed E-state index contributed by atoms with van der Waals surface area (Å²) in [7, 11) is 2.80. The van der Waals surface area contributed by atoms with Crippen molar-refractivity contribution < 1.29 is 51.9 Å². The van der Waals surface area contributed by atoms with Crippen molar-refractivity contribution in [2.75, 3.05) is 14.1 Å². The van der Waals surface area contributed by atoms with Crippen LogP contribution < -0.4 is 0 Å². The second-order valence-corrected chi connectivity index (χ2v) is 9.95. The SMILES string of the molecule is CC1C(C)C(C)C(C)C1C.C[N-][C@H](c1cccc(C(F)(F)F)c1)[C@H]([N-]C)c1cccc(C(F)(F)F)c1.O.[CH3-].[Ir+3]. The van der Waals surface area contributed by atoms with Crippen molar-refractivity contribution in [1.82, 2.24) is 0 Å². The van der Waals surface area contributed by atoms with Crippen molar-refractivity contribution in [3.8, 4) is 0 Å². The Morgan fingerprint density at radius 3 is 1.05 bits per heavy atom. The fourth-order valence-corrected chi connectivity index (χ4v) is 5.14. The molecule has 0 saturated heterocycles. The second kappa shape index (κ2) is 16.1. The maximum absolute atomic E-state index is 12.9. The molecule has 0 aliphatic heterocycles. The molecule has 3 rings (SSSR count). The largest absolute Gasteiger partial charge is 3.00 e. The number of halogens is 6. The summed E-state index contributed by atoms with van der Waals surface area (Å²) < 4.78 is 77.7. The summed E-state index contributed by atoms with van der Waals surface area (Å²) in [6.07, 6.45) is -9.05. The minimum absolute atomic E-state index is 0. The van der Waals surface area contributed by atoms with Gasteiger partial charge in [0.25, 0.3) is 0 Å². The fraction of sp³-hybridized carbons (Fsp3) is 0.552. The van der Waals surface area contributed by atoms with Gasteiger partial charge >= 0.3 is 32.5 Å². The molecule has 39 heavy (non-hydrogen) atoms. The number of rotatable bonds is 5. The molecule has 1 aliphatic carbocycles. The molecule has 0 amide bonds. The topological polar surface area (TPSA) is 59.7 Å². The van der Waals surface area contributed by atoms with E-state index in [0.29, 0.717) is 0 Å². The minimum Gasteiger partial charge on any atom is -0.659 e.